The molecule has 144 valence electrons. The molecule has 1 unspecified atom stereocenters. The van der Waals surface area contributed by atoms with E-state index in [2.05, 4.69) is 0 Å². The third kappa shape index (κ3) is 4.13. The van der Waals surface area contributed by atoms with E-state index in [1.807, 2.05) is 12.1 Å². The summed E-state index contributed by atoms with van der Waals surface area (Å²) in [6, 6.07) is 8.14. The smallest absolute Gasteiger partial charge is 0.416 e. The number of benzene rings is 2. The van der Waals surface area contributed by atoms with E-state index in [1.54, 1.807) is 6.07 Å². The molecule has 0 bridgehead atoms. The van der Waals surface area contributed by atoms with Crippen molar-refractivity contribution in [3.8, 4) is 23.0 Å². The van der Waals surface area contributed by atoms with Crippen LogP contribution in [0.3, 0.4) is 0 Å². The highest BCUT2D eigenvalue weighted by Crippen LogP contribution is 2.48. The Hall–Kier alpha value is -2.83. The number of nitrogens with two attached hydrogens (primary N) is 1. The molecule has 0 saturated heterocycles. The summed E-state index contributed by atoms with van der Waals surface area (Å²) in [5, 5.41) is 0. The number of halogens is 3. The van der Waals surface area contributed by atoms with Crippen molar-refractivity contribution in [3.05, 3.63) is 59.8 Å². The summed E-state index contributed by atoms with van der Waals surface area (Å²) < 4.78 is 55.1. The Bertz CT molecular complexity index is 816. The van der Waals surface area contributed by atoms with Crippen molar-refractivity contribution in [1.29, 1.82) is 0 Å². The van der Waals surface area contributed by atoms with Gasteiger partial charge in [0.15, 0.2) is 11.5 Å². The van der Waals surface area contributed by atoms with Gasteiger partial charge < -0.3 is 19.9 Å². The number of fused-ring (bicyclic) bond motifs is 1. The first-order chi connectivity index (χ1) is 12.9. The molecular formula is C20H20F3NO3. The third-order valence-corrected chi connectivity index (χ3v) is 4.43. The number of hydrogen-bond donors (Lipinski definition) is 1. The fraction of sp³-hybridized carbons (Fsp3) is 0.300. The molecule has 4 nitrogen and oxygen atoms in total. The maximum absolute atomic E-state index is 12.7. The molecule has 3 rings (SSSR count). The molecule has 27 heavy (non-hydrogen) atoms. The molecule has 7 heteroatoms. The van der Waals surface area contributed by atoms with Crippen LogP contribution in [-0.2, 0) is 6.18 Å². The third-order valence-electron chi connectivity index (χ3n) is 4.43. The monoisotopic (exact) mass is 379 g/mol. The summed E-state index contributed by atoms with van der Waals surface area (Å²) in [7, 11) is 1.50. The van der Waals surface area contributed by atoms with Crippen molar-refractivity contribution in [2.24, 2.45) is 5.73 Å². The van der Waals surface area contributed by atoms with Gasteiger partial charge in [0.05, 0.1) is 19.3 Å². The maximum Gasteiger partial charge on any atom is 0.416 e. The second-order valence-electron chi connectivity index (χ2n) is 6.14. The van der Waals surface area contributed by atoms with Crippen molar-refractivity contribution in [2.45, 2.75) is 24.9 Å². The summed E-state index contributed by atoms with van der Waals surface area (Å²) in [5.74, 6) is 1.94. The van der Waals surface area contributed by atoms with Crippen LogP contribution in [0.1, 0.15) is 29.9 Å². The molecule has 1 aliphatic heterocycles. The number of methoxy groups -OCH3 is 1. The first-order valence-corrected chi connectivity index (χ1v) is 8.49. The molecule has 0 fully saturated rings. The zero-order chi connectivity index (χ0) is 19.4. The summed E-state index contributed by atoms with van der Waals surface area (Å²) in [4.78, 5) is 0. The van der Waals surface area contributed by atoms with Gasteiger partial charge in [-0.25, -0.2) is 0 Å². The van der Waals surface area contributed by atoms with E-state index in [4.69, 9.17) is 19.9 Å². The summed E-state index contributed by atoms with van der Waals surface area (Å²) in [6.07, 6.45) is 0.685. The van der Waals surface area contributed by atoms with E-state index in [-0.39, 0.29) is 11.7 Å². The second-order valence-corrected chi connectivity index (χ2v) is 6.14. The van der Waals surface area contributed by atoms with Gasteiger partial charge in [0.1, 0.15) is 5.75 Å². The van der Waals surface area contributed by atoms with E-state index >= 15 is 0 Å². The van der Waals surface area contributed by atoms with Crippen molar-refractivity contribution in [2.75, 3.05) is 13.7 Å². The van der Waals surface area contributed by atoms with Gasteiger partial charge in [0, 0.05) is 5.56 Å². The van der Waals surface area contributed by atoms with Crippen molar-refractivity contribution >= 4 is 0 Å². The SMILES string of the molecule is COc1c(Oc2ccc(C(F)(F)F)cc2)ccc2c1OCCC2CC=CN. The van der Waals surface area contributed by atoms with Crippen LogP contribution in [-0.4, -0.2) is 13.7 Å². The number of ether oxygens (including phenoxy) is 3. The first kappa shape index (κ1) is 18.9. The highest BCUT2D eigenvalue weighted by Gasteiger charge is 2.30. The Labute approximate surface area is 155 Å². The van der Waals surface area contributed by atoms with Gasteiger partial charge in [-0.2, -0.15) is 13.2 Å². The lowest BCUT2D eigenvalue weighted by Gasteiger charge is -2.27. The average molecular weight is 379 g/mol. The van der Waals surface area contributed by atoms with Gasteiger partial charge in [-0.15, -0.1) is 0 Å². The fourth-order valence-corrected chi connectivity index (χ4v) is 3.09. The number of alkyl halides is 3. The molecule has 0 saturated carbocycles. The van der Waals surface area contributed by atoms with Gasteiger partial charge in [-0.1, -0.05) is 12.1 Å². The van der Waals surface area contributed by atoms with Crippen LogP contribution < -0.4 is 19.9 Å². The van der Waals surface area contributed by atoms with Crippen molar-refractivity contribution < 1.29 is 27.4 Å². The van der Waals surface area contributed by atoms with E-state index < -0.39 is 11.7 Å². The van der Waals surface area contributed by atoms with Gasteiger partial charge >= 0.3 is 6.18 Å². The van der Waals surface area contributed by atoms with Crippen LogP contribution in [0.15, 0.2) is 48.7 Å². The van der Waals surface area contributed by atoms with E-state index in [0.29, 0.717) is 23.9 Å². The normalized spacial score (nSPS) is 16.7. The largest absolute Gasteiger partial charge is 0.490 e. The molecule has 1 aliphatic rings. The summed E-state index contributed by atoms with van der Waals surface area (Å²) in [5.41, 5.74) is 5.71. The minimum atomic E-state index is -4.39. The maximum atomic E-state index is 12.7. The zero-order valence-electron chi connectivity index (χ0n) is 14.8. The van der Waals surface area contributed by atoms with Crippen LogP contribution in [0.4, 0.5) is 13.2 Å². The van der Waals surface area contributed by atoms with Gasteiger partial charge in [-0.3, -0.25) is 0 Å². The Morgan fingerprint density at radius 1 is 1.19 bits per heavy atom. The van der Waals surface area contributed by atoms with Crippen LogP contribution >= 0.6 is 0 Å². The fourth-order valence-electron chi connectivity index (χ4n) is 3.09. The Balaban J connectivity index is 1.88. The molecule has 1 atom stereocenters. The van der Waals surface area contributed by atoms with E-state index in [0.717, 1.165) is 30.5 Å². The zero-order valence-corrected chi connectivity index (χ0v) is 14.8. The molecule has 0 aliphatic carbocycles. The Kier molecular flexibility index (Phi) is 5.48. The van der Waals surface area contributed by atoms with Crippen LogP contribution in [0.2, 0.25) is 0 Å². The molecule has 2 N–H and O–H groups in total. The summed E-state index contributed by atoms with van der Waals surface area (Å²) in [6.45, 7) is 0.538. The van der Waals surface area contributed by atoms with Gasteiger partial charge in [-0.05, 0) is 55.3 Å². The molecule has 1 heterocycles. The molecule has 2 aromatic rings. The average Bonchev–Trinajstić information content (AvgIpc) is 2.65. The highest BCUT2D eigenvalue weighted by molar-refractivity contribution is 5.58. The second kappa shape index (κ2) is 7.82. The summed E-state index contributed by atoms with van der Waals surface area (Å²) >= 11 is 0. The highest BCUT2D eigenvalue weighted by atomic mass is 19.4. The van der Waals surface area contributed by atoms with Crippen molar-refractivity contribution in [1.82, 2.24) is 0 Å². The minimum absolute atomic E-state index is 0.252. The Morgan fingerprint density at radius 2 is 1.93 bits per heavy atom. The lowest BCUT2D eigenvalue weighted by atomic mass is 9.90. The molecular weight excluding hydrogens is 359 g/mol. The quantitative estimate of drug-likeness (QED) is 0.772. The first-order valence-electron chi connectivity index (χ1n) is 8.49. The van der Waals surface area contributed by atoms with Crippen LogP contribution in [0.5, 0.6) is 23.0 Å². The molecule has 0 spiro atoms. The predicted octanol–water partition coefficient (Wildman–Crippen LogP) is 5.23. The lowest BCUT2D eigenvalue weighted by molar-refractivity contribution is -0.137. The molecule has 0 radical (unpaired) electrons. The number of hydrogen-bond acceptors (Lipinski definition) is 4. The molecule has 0 amide bonds. The van der Waals surface area contributed by atoms with Crippen molar-refractivity contribution in [3.63, 3.8) is 0 Å². The molecule has 2 aromatic carbocycles. The number of allylic oxidation sites excluding steroid dienone is 1. The molecule has 0 aromatic heterocycles. The van der Waals surface area contributed by atoms with Crippen LogP contribution in [0, 0.1) is 0 Å². The van der Waals surface area contributed by atoms with Gasteiger partial charge in [0.2, 0.25) is 5.75 Å². The van der Waals surface area contributed by atoms with Crippen LogP contribution in [0.25, 0.3) is 0 Å². The van der Waals surface area contributed by atoms with E-state index in [9.17, 15) is 13.2 Å². The predicted molar refractivity (Wildman–Crippen MR) is 95.3 cm³/mol. The van der Waals surface area contributed by atoms with E-state index in [1.165, 1.54) is 25.4 Å². The minimum Gasteiger partial charge on any atom is -0.490 e. The topological polar surface area (TPSA) is 53.7 Å². The van der Waals surface area contributed by atoms with Gasteiger partial charge in [0.25, 0.3) is 0 Å². The standard InChI is InChI=1S/C20H20F3NO3/c1-25-19-17(27-15-6-4-14(5-7-15)20(21,22)23)9-8-16-13(3-2-11-24)10-12-26-18(16)19/h2,4-9,11,13H,3,10,12,24H2,1H3. The lowest BCUT2D eigenvalue weighted by Crippen LogP contribution is -2.15. The number of rotatable bonds is 5. The Morgan fingerprint density at radius 3 is 2.56 bits per heavy atom.